The number of fused-ring (bicyclic) bond motifs is 2. The predicted octanol–water partition coefficient (Wildman–Crippen LogP) is 5.91. The molecule has 3 nitrogen and oxygen atoms in total. The Balaban J connectivity index is 1.68. The zero-order valence-electron chi connectivity index (χ0n) is 20.5. The number of hydrogen-bond acceptors (Lipinski definition) is 2. The van der Waals surface area contributed by atoms with E-state index in [9.17, 15) is 0 Å². The van der Waals surface area contributed by atoms with Gasteiger partial charge in [0, 0.05) is 43.8 Å². The molecule has 2 saturated heterocycles. The van der Waals surface area contributed by atoms with E-state index < -0.39 is 8.07 Å². The number of rotatable bonds is 3. The summed E-state index contributed by atoms with van der Waals surface area (Å²) in [6.07, 6.45) is 15.3. The summed E-state index contributed by atoms with van der Waals surface area (Å²) in [7, 11) is -2.02. The molecule has 1 aromatic rings. The Morgan fingerprint density at radius 1 is 0.875 bits per heavy atom. The summed E-state index contributed by atoms with van der Waals surface area (Å²) in [5.41, 5.74) is 6.57. The van der Waals surface area contributed by atoms with Gasteiger partial charge in [-0.15, -0.1) is 0 Å². The first kappa shape index (κ1) is 21.9. The highest BCUT2D eigenvalue weighted by Gasteiger charge is 2.50. The zero-order chi connectivity index (χ0) is 22.3. The molecule has 4 heteroatoms. The van der Waals surface area contributed by atoms with Crippen molar-refractivity contribution in [3.05, 3.63) is 41.6 Å². The van der Waals surface area contributed by atoms with Crippen molar-refractivity contribution in [2.24, 2.45) is 4.99 Å². The van der Waals surface area contributed by atoms with Crippen LogP contribution in [-0.2, 0) is 0 Å². The zero-order valence-corrected chi connectivity index (χ0v) is 21.5. The molecule has 3 heterocycles. The fraction of sp³-hybridized carbons (Fsp3) is 0.571. The molecule has 0 bridgehead atoms. The van der Waals surface area contributed by atoms with Crippen LogP contribution in [0.15, 0.2) is 46.6 Å². The Kier molecular flexibility index (Phi) is 6.00. The van der Waals surface area contributed by atoms with E-state index >= 15 is 0 Å². The van der Waals surface area contributed by atoms with Crippen molar-refractivity contribution in [2.75, 3.05) is 31.1 Å². The molecule has 0 aromatic heterocycles. The SMILES string of the molecule is CC(C)[Si]1(C(C)C)C2=CC(=[N+]3CCCCC3)C=CC2=Nc2ccc(N3CCCCC3)cc21. The predicted molar refractivity (Wildman–Crippen MR) is 141 cm³/mol. The van der Waals surface area contributed by atoms with Crippen LogP contribution in [0, 0.1) is 0 Å². The Labute approximate surface area is 195 Å². The van der Waals surface area contributed by atoms with Gasteiger partial charge < -0.3 is 4.90 Å². The number of piperidine rings is 2. The van der Waals surface area contributed by atoms with Crippen LogP contribution in [0.2, 0.25) is 11.1 Å². The van der Waals surface area contributed by atoms with E-state index in [2.05, 4.69) is 73.6 Å². The van der Waals surface area contributed by atoms with E-state index in [0.717, 1.165) is 0 Å². The van der Waals surface area contributed by atoms with Gasteiger partial charge in [-0.1, -0.05) is 27.7 Å². The Morgan fingerprint density at radius 3 is 2.25 bits per heavy atom. The van der Waals surface area contributed by atoms with Gasteiger partial charge in [0.25, 0.3) is 0 Å². The molecule has 3 aliphatic heterocycles. The molecule has 0 unspecified atom stereocenters. The normalized spacial score (nSPS) is 22.6. The lowest BCUT2D eigenvalue weighted by Crippen LogP contribution is -2.59. The largest absolute Gasteiger partial charge is 0.372 e. The van der Waals surface area contributed by atoms with E-state index in [4.69, 9.17) is 4.99 Å². The molecule has 0 amide bonds. The van der Waals surface area contributed by atoms with E-state index in [1.54, 1.807) is 10.4 Å². The Morgan fingerprint density at radius 2 is 1.56 bits per heavy atom. The lowest BCUT2D eigenvalue weighted by atomic mass is 10.1. The Hall–Kier alpha value is -1.94. The van der Waals surface area contributed by atoms with Crippen LogP contribution in [0.3, 0.4) is 0 Å². The van der Waals surface area contributed by atoms with Crippen molar-refractivity contribution in [2.45, 2.75) is 77.3 Å². The van der Waals surface area contributed by atoms with Crippen molar-refractivity contribution < 1.29 is 4.58 Å². The van der Waals surface area contributed by atoms with E-state index in [-0.39, 0.29) is 0 Å². The van der Waals surface area contributed by atoms with Crippen molar-refractivity contribution in [3.63, 3.8) is 0 Å². The van der Waals surface area contributed by atoms with Gasteiger partial charge in [-0.2, -0.15) is 0 Å². The first-order valence-corrected chi connectivity index (χ1v) is 15.2. The monoisotopic (exact) mass is 446 g/mol. The van der Waals surface area contributed by atoms with Crippen molar-refractivity contribution >= 4 is 36.1 Å². The maximum Gasteiger partial charge on any atom is 0.199 e. The summed E-state index contributed by atoms with van der Waals surface area (Å²) in [5.74, 6) is 0. The van der Waals surface area contributed by atoms with Gasteiger partial charge in [0.05, 0.1) is 11.4 Å². The average Bonchev–Trinajstić information content (AvgIpc) is 2.82. The second-order valence-corrected chi connectivity index (χ2v) is 15.9. The minimum Gasteiger partial charge on any atom is -0.372 e. The van der Waals surface area contributed by atoms with Gasteiger partial charge in [-0.25, -0.2) is 9.57 Å². The molecule has 0 N–H and O–H groups in total. The highest BCUT2D eigenvalue weighted by atomic mass is 28.3. The maximum absolute atomic E-state index is 5.24. The van der Waals surface area contributed by atoms with Crippen LogP contribution in [0.4, 0.5) is 11.4 Å². The van der Waals surface area contributed by atoms with Crippen LogP contribution >= 0.6 is 0 Å². The summed E-state index contributed by atoms with van der Waals surface area (Å²) in [6, 6.07) is 7.22. The number of anilines is 1. The molecule has 0 saturated carbocycles. The van der Waals surface area contributed by atoms with Crippen LogP contribution in [0.5, 0.6) is 0 Å². The average molecular weight is 447 g/mol. The standard InChI is InChI=1S/C28H40N3Si/c1-21(2)32(22(3)4)27-19-23(30-15-7-5-8-16-30)11-13-25(27)29-26-14-12-24(20-28(26)32)31-17-9-6-10-18-31/h11-14,19-22H,5-10,15-18H2,1-4H3/q+1. The molecule has 32 heavy (non-hydrogen) atoms. The molecular weight excluding hydrogens is 406 g/mol. The molecule has 5 rings (SSSR count). The number of allylic oxidation sites excluding steroid dienone is 4. The molecule has 0 atom stereocenters. The van der Waals surface area contributed by atoms with Crippen LogP contribution < -0.4 is 10.1 Å². The van der Waals surface area contributed by atoms with Crippen LogP contribution in [0.1, 0.15) is 66.2 Å². The second-order valence-electron chi connectivity index (χ2n) is 10.8. The summed E-state index contributed by atoms with van der Waals surface area (Å²) in [6.45, 7) is 14.7. The highest BCUT2D eigenvalue weighted by Crippen LogP contribution is 2.45. The van der Waals surface area contributed by atoms with Gasteiger partial charge in [-0.05, 0) is 71.4 Å². The molecule has 0 radical (unpaired) electrons. The van der Waals surface area contributed by atoms with E-state index in [0.29, 0.717) is 11.1 Å². The van der Waals surface area contributed by atoms with E-state index in [1.165, 1.54) is 87.5 Å². The molecule has 0 spiro atoms. The molecular formula is C28H40N3Si+. The Bertz CT molecular complexity index is 990. The molecule has 1 aliphatic carbocycles. The third kappa shape index (κ3) is 3.55. The number of aliphatic imine (C=N–C) groups is 1. The third-order valence-electron chi connectivity index (χ3n) is 8.36. The minimum atomic E-state index is -2.02. The molecule has 2 fully saturated rings. The van der Waals surface area contributed by atoms with Crippen LogP contribution in [0.25, 0.3) is 0 Å². The maximum atomic E-state index is 5.24. The number of nitrogens with zero attached hydrogens (tertiary/aromatic N) is 3. The molecule has 170 valence electrons. The topological polar surface area (TPSA) is 18.6 Å². The first-order chi connectivity index (χ1) is 15.5. The van der Waals surface area contributed by atoms with Crippen molar-refractivity contribution in [1.29, 1.82) is 0 Å². The summed E-state index contributed by atoms with van der Waals surface area (Å²) < 4.78 is 2.61. The van der Waals surface area contributed by atoms with Gasteiger partial charge in [-0.3, -0.25) is 0 Å². The fourth-order valence-corrected chi connectivity index (χ4v) is 12.8. The second kappa shape index (κ2) is 8.77. The lowest BCUT2D eigenvalue weighted by molar-refractivity contribution is -0.535. The van der Waals surface area contributed by atoms with Crippen molar-refractivity contribution in [1.82, 2.24) is 0 Å². The molecule has 1 aromatic carbocycles. The third-order valence-corrected chi connectivity index (χ3v) is 14.6. The first-order valence-electron chi connectivity index (χ1n) is 13.0. The van der Waals surface area contributed by atoms with Gasteiger partial charge in [0.1, 0.15) is 21.2 Å². The van der Waals surface area contributed by atoms with Crippen molar-refractivity contribution in [3.8, 4) is 0 Å². The quantitative estimate of drug-likeness (QED) is 0.321. The number of hydrogen-bond donors (Lipinski definition) is 0. The minimum absolute atomic E-state index is 0.628. The lowest BCUT2D eigenvalue weighted by Gasteiger charge is -2.45. The number of benzene rings is 1. The molecule has 4 aliphatic rings. The van der Waals surface area contributed by atoms with E-state index in [1.807, 2.05) is 0 Å². The summed E-state index contributed by atoms with van der Waals surface area (Å²) in [4.78, 5) is 7.85. The van der Waals surface area contributed by atoms with Gasteiger partial charge in [0.15, 0.2) is 5.71 Å². The highest BCUT2D eigenvalue weighted by molar-refractivity contribution is 7.04. The summed E-state index contributed by atoms with van der Waals surface area (Å²) in [5, 5.41) is 3.16. The fourth-order valence-electron chi connectivity index (χ4n) is 6.79. The van der Waals surface area contributed by atoms with Crippen LogP contribution in [-0.4, -0.2) is 50.3 Å². The van der Waals surface area contributed by atoms with Gasteiger partial charge >= 0.3 is 0 Å². The summed E-state index contributed by atoms with van der Waals surface area (Å²) >= 11 is 0. The smallest absolute Gasteiger partial charge is 0.199 e. The van der Waals surface area contributed by atoms with Gasteiger partial charge in [0.2, 0.25) is 0 Å².